The maximum absolute atomic E-state index is 10.7. The van der Waals surface area contributed by atoms with Gasteiger partial charge in [-0.05, 0) is 18.6 Å². The van der Waals surface area contributed by atoms with Gasteiger partial charge in [0.25, 0.3) is 9.05 Å². The lowest BCUT2D eigenvalue weighted by molar-refractivity contribution is 0.611. The molecule has 0 bridgehead atoms. The topological polar surface area (TPSA) is 34.1 Å². The summed E-state index contributed by atoms with van der Waals surface area (Å²) in [5.74, 6) is 0. The molecular weight excluding hydrogens is 204 g/mol. The summed E-state index contributed by atoms with van der Waals surface area (Å²) in [5, 5.41) is 0. The average molecular weight is 211 g/mol. The molecule has 0 aliphatic carbocycles. The molecule has 0 amide bonds. The summed E-state index contributed by atoms with van der Waals surface area (Å²) >= 11 is 1.22. The maximum atomic E-state index is 10.7. The molecule has 1 aromatic heterocycles. The Balaban J connectivity index is 3.09. The van der Waals surface area contributed by atoms with E-state index in [-0.39, 0.29) is 4.21 Å². The molecule has 0 spiro atoms. The van der Waals surface area contributed by atoms with Gasteiger partial charge in [0, 0.05) is 15.6 Å². The first-order valence-corrected chi connectivity index (χ1v) is 6.20. The van der Waals surface area contributed by atoms with Crippen molar-refractivity contribution in [1.29, 1.82) is 0 Å². The van der Waals surface area contributed by atoms with Gasteiger partial charge in [0.05, 0.1) is 0 Å². The van der Waals surface area contributed by atoms with Crippen LogP contribution in [-0.2, 0) is 15.5 Å². The second-order valence-electron chi connectivity index (χ2n) is 2.01. The van der Waals surface area contributed by atoms with Crippen molar-refractivity contribution in [2.75, 3.05) is 0 Å². The fourth-order valence-electron chi connectivity index (χ4n) is 0.679. The molecule has 0 atom stereocenters. The quantitative estimate of drug-likeness (QED) is 0.702. The molecule has 0 aromatic carbocycles. The van der Waals surface area contributed by atoms with Gasteiger partial charge in [-0.3, -0.25) is 0 Å². The molecule has 0 radical (unpaired) electrons. The molecule has 0 saturated heterocycles. The molecule has 1 rings (SSSR count). The monoisotopic (exact) mass is 210 g/mol. The van der Waals surface area contributed by atoms with Gasteiger partial charge in [-0.1, -0.05) is 6.92 Å². The third kappa shape index (κ3) is 2.18. The minimum Gasteiger partial charge on any atom is -0.206 e. The SMILES string of the molecule is CCc1ccc(S(=O)(=O)Cl)s1. The predicted octanol–water partition coefficient (Wildman–Crippen LogP) is 2.24. The number of aryl methyl sites for hydroxylation is 1. The summed E-state index contributed by atoms with van der Waals surface area (Å²) in [6.45, 7) is 1.97. The summed E-state index contributed by atoms with van der Waals surface area (Å²) in [4.78, 5) is 1.03. The Kier molecular flexibility index (Phi) is 2.57. The van der Waals surface area contributed by atoms with Crippen LogP contribution >= 0.6 is 22.0 Å². The summed E-state index contributed by atoms with van der Waals surface area (Å²) in [7, 11) is 1.61. The summed E-state index contributed by atoms with van der Waals surface area (Å²) in [6.07, 6.45) is 0.844. The van der Waals surface area contributed by atoms with E-state index in [4.69, 9.17) is 10.7 Å². The molecule has 1 heterocycles. The average Bonchev–Trinajstić information content (AvgIpc) is 2.32. The van der Waals surface area contributed by atoms with Crippen LogP contribution in [0.25, 0.3) is 0 Å². The van der Waals surface area contributed by atoms with E-state index in [0.29, 0.717) is 0 Å². The van der Waals surface area contributed by atoms with E-state index in [1.54, 1.807) is 6.07 Å². The number of thiophene rings is 1. The van der Waals surface area contributed by atoms with E-state index in [2.05, 4.69) is 0 Å². The van der Waals surface area contributed by atoms with Crippen LogP contribution in [0.5, 0.6) is 0 Å². The zero-order chi connectivity index (χ0) is 8.48. The zero-order valence-corrected chi connectivity index (χ0v) is 8.26. The van der Waals surface area contributed by atoms with Gasteiger partial charge in [0.2, 0.25) is 0 Å². The van der Waals surface area contributed by atoms with Crippen molar-refractivity contribution >= 4 is 31.1 Å². The van der Waals surface area contributed by atoms with E-state index < -0.39 is 9.05 Å². The lowest BCUT2D eigenvalue weighted by Crippen LogP contribution is -1.83. The fraction of sp³-hybridized carbons (Fsp3) is 0.333. The number of hydrogen-bond acceptors (Lipinski definition) is 3. The predicted molar refractivity (Wildman–Crippen MR) is 46.7 cm³/mol. The Morgan fingerprint density at radius 2 is 2.18 bits per heavy atom. The van der Waals surface area contributed by atoms with Crippen molar-refractivity contribution < 1.29 is 8.42 Å². The lowest BCUT2D eigenvalue weighted by Gasteiger charge is -1.86. The van der Waals surface area contributed by atoms with E-state index in [1.807, 2.05) is 6.92 Å². The standard InChI is InChI=1S/C6H7ClO2S2/c1-2-5-3-4-6(10-5)11(7,8)9/h3-4H,2H2,1H3. The second-order valence-corrected chi connectivity index (χ2v) is 5.97. The molecule has 0 fully saturated rings. The third-order valence-corrected chi connectivity index (χ3v) is 4.55. The molecule has 5 heteroatoms. The normalized spacial score (nSPS) is 11.8. The first kappa shape index (κ1) is 9.03. The van der Waals surface area contributed by atoms with E-state index in [1.165, 1.54) is 17.4 Å². The van der Waals surface area contributed by atoms with E-state index in [0.717, 1.165) is 11.3 Å². The van der Waals surface area contributed by atoms with Gasteiger partial charge in [-0.15, -0.1) is 11.3 Å². The van der Waals surface area contributed by atoms with Crippen LogP contribution in [0.3, 0.4) is 0 Å². The highest BCUT2D eigenvalue weighted by molar-refractivity contribution is 8.15. The minimum atomic E-state index is -3.50. The van der Waals surface area contributed by atoms with Crippen LogP contribution in [0.4, 0.5) is 0 Å². The van der Waals surface area contributed by atoms with Crippen molar-refractivity contribution in [2.24, 2.45) is 0 Å². The van der Waals surface area contributed by atoms with Crippen molar-refractivity contribution in [3.8, 4) is 0 Å². The summed E-state index contributed by atoms with van der Waals surface area (Å²) < 4.78 is 21.7. The van der Waals surface area contributed by atoms with Crippen LogP contribution in [0.2, 0.25) is 0 Å². The Bertz CT molecular complexity index is 339. The molecule has 62 valence electrons. The van der Waals surface area contributed by atoms with Gasteiger partial charge in [0.15, 0.2) is 0 Å². The Hall–Kier alpha value is -0.0600. The Morgan fingerprint density at radius 3 is 2.45 bits per heavy atom. The molecule has 0 N–H and O–H groups in total. The third-order valence-electron chi connectivity index (χ3n) is 1.23. The van der Waals surface area contributed by atoms with Crippen molar-refractivity contribution in [2.45, 2.75) is 17.6 Å². The molecule has 2 nitrogen and oxygen atoms in total. The molecule has 0 aliphatic heterocycles. The number of halogens is 1. The molecule has 0 unspecified atom stereocenters. The molecule has 1 aromatic rings. The van der Waals surface area contributed by atoms with Crippen LogP contribution < -0.4 is 0 Å². The lowest BCUT2D eigenvalue weighted by atomic mass is 10.4. The highest BCUT2D eigenvalue weighted by Crippen LogP contribution is 2.24. The summed E-state index contributed by atoms with van der Waals surface area (Å²) in [6, 6.07) is 3.31. The van der Waals surface area contributed by atoms with E-state index in [9.17, 15) is 8.42 Å². The van der Waals surface area contributed by atoms with Gasteiger partial charge in [-0.25, -0.2) is 8.42 Å². The Labute approximate surface area is 74.2 Å². The van der Waals surface area contributed by atoms with Crippen molar-refractivity contribution in [1.82, 2.24) is 0 Å². The molecule has 0 saturated carbocycles. The fourth-order valence-corrected chi connectivity index (χ4v) is 2.74. The second kappa shape index (κ2) is 3.13. The smallest absolute Gasteiger partial charge is 0.206 e. The highest BCUT2D eigenvalue weighted by Gasteiger charge is 2.11. The highest BCUT2D eigenvalue weighted by atomic mass is 35.7. The first-order valence-electron chi connectivity index (χ1n) is 3.07. The number of hydrogen-bond donors (Lipinski definition) is 0. The molecule has 11 heavy (non-hydrogen) atoms. The van der Waals surface area contributed by atoms with Gasteiger partial charge < -0.3 is 0 Å². The van der Waals surface area contributed by atoms with Gasteiger partial charge in [0.1, 0.15) is 4.21 Å². The van der Waals surface area contributed by atoms with Crippen molar-refractivity contribution in [3.05, 3.63) is 17.0 Å². The molecule has 0 aliphatic rings. The van der Waals surface area contributed by atoms with Crippen LogP contribution in [0, 0.1) is 0 Å². The van der Waals surface area contributed by atoms with Crippen LogP contribution in [0.15, 0.2) is 16.3 Å². The largest absolute Gasteiger partial charge is 0.270 e. The van der Waals surface area contributed by atoms with Crippen LogP contribution in [0.1, 0.15) is 11.8 Å². The Morgan fingerprint density at radius 1 is 1.55 bits per heavy atom. The molecular formula is C6H7ClO2S2. The van der Waals surface area contributed by atoms with Crippen LogP contribution in [-0.4, -0.2) is 8.42 Å². The zero-order valence-electron chi connectivity index (χ0n) is 5.87. The van der Waals surface area contributed by atoms with Crippen molar-refractivity contribution in [3.63, 3.8) is 0 Å². The number of rotatable bonds is 2. The first-order chi connectivity index (χ1) is 5.04. The minimum absolute atomic E-state index is 0.232. The van der Waals surface area contributed by atoms with Gasteiger partial charge in [-0.2, -0.15) is 0 Å². The summed E-state index contributed by atoms with van der Waals surface area (Å²) in [5.41, 5.74) is 0. The van der Waals surface area contributed by atoms with E-state index >= 15 is 0 Å². The van der Waals surface area contributed by atoms with Gasteiger partial charge >= 0.3 is 0 Å². The maximum Gasteiger partial charge on any atom is 0.270 e.